The zero-order valence-corrected chi connectivity index (χ0v) is 12.1. The fourth-order valence-corrected chi connectivity index (χ4v) is 2.07. The maximum atomic E-state index is 13.6. The molecule has 4 heteroatoms. The smallest absolute Gasteiger partial charge is 0.267 e. The first-order chi connectivity index (χ1) is 10.1. The van der Waals surface area contributed by atoms with Crippen molar-refractivity contribution in [1.29, 1.82) is 0 Å². The van der Waals surface area contributed by atoms with Crippen molar-refractivity contribution in [3.8, 4) is 5.75 Å². The standard InChI is InChI=1S/C17H18FNO2/c1-3-19(14-9-5-4-6-10-14)17(20)13(2)21-16-12-8-7-11-15(16)18/h4-13H,3H2,1-2H3. The molecule has 0 fully saturated rings. The first-order valence-corrected chi connectivity index (χ1v) is 6.91. The van der Waals surface area contributed by atoms with Gasteiger partial charge in [0.15, 0.2) is 17.7 Å². The van der Waals surface area contributed by atoms with Crippen LogP contribution < -0.4 is 9.64 Å². The molecule has 0 aromatic heterocycles. The van der Waals surface area contributed by atoms with Gasteiger partial charge in [-0.25, -0.2) is 4.39 Å². The Hall–Kier alpha value is -2.36. The van der Waals surface area contributed by atoms with Crippen molar-refractivity contribution in [2.24, 2.45) is 0 Å². The lowest BCUT2D eigenvalue weighted by Crippen LogP contribution is -2.40. The Morgan fingerprint density at radius 3 is 2.38 bits per heavy atom. The van der Waals surface area contributed by atoms with Gasteiger partial charge in [0, 0.05) is 12.2 Å². The molecule has 2 rings (SSSR count). The second-order valence-corrected chi connectivity index (χ2v) is 4.61. The van der Waals surface area contributed by atoms with Crippen molar-refractivity contribution in [2.75, 3.05) is 11.4 Å². The normalized spacial score (nSPS) is 11.8. The zero-order chi connectivity index (χ0) is 15.2. The summed E-state index contributed by atoms with van der Waals surface area (Å²) in [6.45, 7) is 4.04. The van der Waals surface area contributed by atoms with Crippen LogP contribution in [0.25, 0.3) is 0 Å². The van der Waals surface area contributed by atoms with E-state index in [2.05, 4.69) is 0 Å². The highest BCUT2D eigenvalue weighted by Gasteiger charge is 2.22. The van der Waals surface area contributed by atoms with Crippen molar-refractivity contribution in [3.05, 3.63) is 60.4 Å². The second-order valence-electron chi connectivity index (χ2n) is 4.61. The quantitative estimate of drug-likeness (QED) is 0.840. The number of nitrogens with zero attached hydrogens (tertiary/aromatic N) is 1. The Balaban J connectivity index is 2.13. The summed E-state index contributed by atoms with van der Waals surface area (Å²) in [5, 5.41) is 0. The van der Waals surface area contributed by atoms with Crippen LogP contribution in [-0.2, 0) is 4.79 Å². The molecule has 21 heavy (non-hydrogen) atoms. The van der Waals surface area contributed by atoms with Crippen LogP contribution in [0.4, 0.5) is 10.1 Å². The Morgan fingerprint density at radius 1 is 1.14 bits per heavy atom. The fourth-order valence-electron chi connectivity index (χ4n) is 2.07. The van der Waals surface area contributed by atoms with E-state index in [9.17, 15) is 9.18 Å². The fraction of sp³-hybridized carbons (Fsp3) is 0.235. The third kappa shape index (κ3) is 3.60. The predicted octanol–water partition coefficient (Wildman–Crippen LogP) is 3.65. The number of benzene rings is 2. The minimum Gasteiger partial charge on any atom is -0.478 e. The molecule has 2 aromatic rings. The zero-order valence-electron chi connectivity index (χ0n) is 12.1. The number of halogens is 1. The van der Waals surface area contributed by atoms with E-state index in [-0.39, 0.29) is 11.7 Å². The van der Waals surface area contributed by atoms with E-state index in [1.807, 2.05) is 37.3 Å². The van der Waals surface area contributed by atoms with E-state index < -0.39 is 11.9 Å². The number of hydrogen-bond acceptors (Lipinski definition) is 2. The third-order valence-corrected chi connectivity index (χ3v) is 3.14. The molecule has 1 atom stereocenters. The Bertz CT molecular complexity index is 601. The molecule has 1 unspecified atom stereocenters. The average molecular weight is 287 g/mol. The van der Waals surface area contributed by atoms with Crippen LogP contribution in [0.15, 0.2) is 54.6 Å². The van der Waals surface area contributed by atoms with Crippen LogP contribution in [0.5, 0.6) is 5.75 Å². The summed E-state index contributed by atoms with van der Waals surface area (Å²) in [5.41, 5.74) is 0.800. The van der Waals surface area contributed by atoms with E-state index in [4.69, 9.17) is 4.74 Å². The van der Waals surface area contributed by atoms with Gasteiger partial charge in [-0.3, -0.25) is 4.79 Å². The molecule has 0 heterocycles. The highest BCUT2D eigenvalue weighted by Crippen LogP contribution is 2.19. The first kappa shape index (κ1) is 15.0. The van der Waals surface area contributed by atoms with E-state index >= 15 is 0 Å². The number of ether oxygens (including phenoxy) is 1. The number of carbonyl (C=O) groups excluding carboxylic acids is 1. The molecule has 0 aliphatic heterocycles. The molecule has 0 aliphatic rings. The number of rotatable bonds is 5. The summed E-state index contributed by atoms with van der Waals surface area (Å²) in [6.07, 6.45) is -0.762. The van der Waals surface area contributed by atoms with Crippen LogP contribution in [-0.4, -0.2) is 18.6 Å². The van der Waals surface area contributed by atoms with Gasteiger partial charge in [0.2, 0.25) is 0 Å². The predicted molar refractivity (Wildman–Crippen MR) is 81.0 cm³/mol. The molecule has 0 saturated carbocycles. The number of likely N-dealkylation sites (N-methyl/N-ethyl adjacent to an activating group) is 1. The Labute approximate surface area is 124 Å². The minimum absolute atomic E-state index is 0.0856. The summed E-state index contributed by atoms with van der Waals surface area (Å²) < 4.78 is 19.0. The lowest BCUT2D eigenvalue weighted by Gasteiger charge is -2.25. The highest BCUT2D eigenvalue weighted by molar-refractivity contribution is 5.96. The van der Waals surface area contributed by atoms with Crippen LogP contribution >= 0.6 is 0 Å². The summed E-state index contributed by atoms with van der Waals surface area (Å²) in [5.74, 6) is -0.589. The van der Waals surface area contributed by atoms with E-state index in [1.54, 1.807) is 24.0 Å². The lowest BCUT2D eigenvalue weighted by atomic mass is 10.2. The molecule has 0 saturated heterocycles. The lowest BCUT2D eigenvalue weighted by molar-refractivity contribution is -0.124. The number of anilines is 1. The molecular formula is C17H18FNO2. The third-order valence-electron chi connectivity index (χ3n) is 3.14. The highest BCUT2D eigenvalue weighted by atomic mass is 19.1. The monoisotopic (exact) mass is 287 g/mol. The summed E-state index contributed by atoms with van der Waals surface area (Å²) in [7, 11) is 0. The number of carbonyl (C=O) groups is 1. The van der Waals surface area contributed by atoms with Gasteiger partial charge in [0.05, 0.1) is 0 Å². The molecule has 0 radical (unpaired) electrons. The number of amides is 1. The van der Waals surface area contributed by atoms with Crippen molar-refractivity contribution in [1.82, 2.24) is 0 Å². The maximum absolute atomic E-state index is 13.6. The topological polar surface area (TPSA) is 29.5 Å². The van der Waals surface area contributed by atoms with Crippen LogP contribution in [0.2, 0.25) is 0 Å². The van der Waals surface area contributed by atoms with Crippen LogP contribution in [0.1, 0.15) is 13.8 Å². The second kappa shape index (κ2) is 6.88. The molecule has 0 aliphatic carbocycles. The van der Waals surface area contributed by atoms with Crippen molar-refractivity contribution in [3.63, 3.8) is 0 Å². The molecular weight excluding hydrogens is 269 g/mol. The van der Waals surface area contributed by atoms with Gasteiger partial charge in [-0.15, -0.1) is 0 Å². The number of para-hydroxylation sites is 2. The Morgan fingerprint density at radius 2 is 1.76 bits per heavy atom. The van der Waals surface area contributed by atoms with E-state index in [0.717, 1.165) is 5.69 Å². The van der Waals surface area contributed by atoms with Gasteiger partial charge in [0.25, 0.3) is 5.91 Å². The van der Waals surface area contributed by atoms with Gasteiger partial charge in [0.1, 0.15) is 0 Å². The minimum atomic E-state index is -0.762. The van der Waals surface area contributed by atoms with Crippen LogP contribution in [0.3, 0.4) is 0 Å². The van der Waals surface area contributed by atoms with Crippen molar-refractivity contribution in [2.45, 2.75) is 20.0 Å². The van der Waals surface area contributed by atoms with Crippen LogP contribution in [0, 0.1) is 5.82 Å². The van der Waals surface area contributed by atoms with Crippen molar-refractivity contribution >= 4 is 11.6 Å². The number of hydrogen-bond donors (Lipinski definition) is 0. The molecule has 3 nitrogen and oxygen atoms in total. The molecule has 0 bridgehead atoms. The summed E-state index contributed by atoms with van der Waals surface area (Å²) >= 11 is 0. The largest absolute Gasteiger partial charge is 0.478 e. The molecule has 110 valence electrons. The van der Waals surface area contributed by atoms with E-state index in [1.165, 1.54) is 12.1 Å². The average Bonchev–Trinajstić information content (AvgIpc) is 2.51. The van der Waals surface area contributed by atoms with Gasteiger partial charge in [-0.1, -0.05) is 30.3 Å². The summed E-state index contributed by atoms with van der Waals surface area (Å²) in [4.78, 5) is 14.1. The molecule has 2 aromatic carbocycles. The van der Waals surface area contributed by atoms with Gasteiger partial charge >= 0.3 is 0 Å². The Kier molecular flexibility index (Phi) is 4.93. The van der Waals surface area contributed by atoms with Crippen molar-refractivity contribution < 1.29 is 13.9 Å². The summed E-state index contributed by atoms with van der Waals surface area (Å²) in [6, 6.07) is 15.4. The molecule has 0 N–H and O–H groups in total. The van der Waals surface area contributed by atoms with Gasteiger partial charge < -0.3 is 9.64 Å². The van der Waals surface area contributed by atoms with Gasteiger partial charge in [-0.2, -0.15) is 0 Å². The van der Waals surface area contributed by atoms with E-state index in [0.29, 0.717) is 6.54 Å². The molecule has 1 amide bonds. The van der Waals surface area contributed by atoms with Gasteiger partial charge in [-0.05, 0) is 38.1 Å². The maximum Gasteiger partial charge on any atom is 0.267 e. The molecule has 0 spiro atoms. The first-order valence-electron chi connectivity index (χ1n) is 6.91. The SMILES string of the molecule is CCN(C(=O)C(C)Oc1ccccc1F)c1ccccc1.